The van der Waals surface area contributed by atoms with Crippen molar-refractivity contribution in [3.05, 3.63) is 35.9 Å². The highest BCUT2D eigenvalue weighted by atomic mass is 19.1. The smallest absolute Gasteiger partial charge is 0.145 e. The van der Waals surface area contributed by atoms with E-state index >= 15 is 0 Å². The van der Waals surface area contributed by atoms with Crippen molar-refractivity contribution in [3.63, 3.8) is 0 Å². The summed E-state index contributed by atoms with van der Waals surface area (Å²) in [5.74, 6) is 0.137. The molecule has 1 heterocycles. The Bertz CT molecular complexity index is 525. The van der Waals surface area contributed by atoms with Crippen molar-refractivity contribution in [2.75, 3.05) is 0 Å². The van der Waals surface area contributed by atoms with E-state index in [1.54, 1.807) is 12.3 Å². The fraction of sp³-hybridized carbons (Fsp3) is 0.182. The van der Waals surface area contributed by atoms with Crippen LogP contribution in [0.1, 0.15) is 5.69 Å². The van der Waals surface area contributed by atoms with Crippen LogP contribution in [0, 0.1) is 12.7 Å². The summed E-state index contributed by atoms with van der Waals surface area (Å²) in [7, 11) is 1.83. The SMILES string of the molecule is Bc1ccc(-c2nc(C)cn2CO)c(F)c1. The number of aryl methyl sites for hydroxylation is 1. The van der Waals surface area contributed by atoms with E-state index in [1.165, 1.54) is 10.6 Å². The molecule has 3 nitrogen and oxygen atoms in total. The quantitative estimate of drug-likeness (QED) is 0.731. The lowest BCUT2D eigenvalue weighted by Gasteiger charge is -2.05. The number of rotatable bonds is 2. The Morgan fingerprint density at radius 1 is 1.50 bits per heavy atom. The molecule has 0 radical (unpaired) electrons. The second kappa shape index (κ2) is 4.10. The summed E-state index contributed by atoms with van der Waals surface area (Å²) in [6.07, 6.45) is 1.69. The fourth-order valence-electron chi connectivity index (χ4n) is 1.67. The molecule has 1 aromatic carbocycles. The Kier molecular flexibility index (Phi) is 2.79. The summed E-state index contributed by atoms with van der Waals surface area (Å²) in [6, 6.07) is 4.96. The van der Waals surface area contributed by atoms with Crippen molar-refractivity contribution in [1.29, 1.82) is 0 Å². The van der Waals surface area contributed by atoms with Gasteiger partial charge in [0.15, 0.2) is 0 Å². The first-order chi connectivity index (χ1) is 7.61. The van der Waals surface area contributed by atoms with E-state index in [0.717, 1.165) is 11.2 Å². The molecule has 0 bridgehead atoms. The van der Waals surface area contributed by atoms with Gasteiger partial charge in [0.05, 0.1) is 11.3 Å². The molecule has 0 atom stereocenters. The third kappa shape index (κ3) is 1.86. The van der Waals surface area contributed by atoms with Crippen molar-refractivity contribution < 1.29 is 9.50 Å². The summed E-state index contributed by atoms with van der Waals surface area (Å²) in [5, 5.41) is 9.14. The molecule has 0 saturated carbocycles. The number of halogens is 1. The highest BCUT2D eigenvalue weighted by Gasteiger charge is 2.11. The van der Waals surface area contributed by atoms with Gasteiger partial charge in [0.1, 0.15) is 26.2 Å². The molecule has 2 rings (SSSR count). The Hall–Kier alpha value is -1.62. The van der Waals surface area contributed by atoms with E-state index in [1.807, 2.05) is 20.8 Å². The number of aliphatic hydroxyl groups excluding tert-OH is 1. The second-order valence-corrected chi connectivity index (χ2v) is 3.80. The molecule has 0 aliphatic rings. The lowest BCUT2D eigenvalue weighted by Crippen LogP contribution is -2.05. The van der Waals surface area contributed by atoms with Gasteiger partial charge in [-0.1, -0.05) is 11.5 Å². The summed E-state index contributed by atoms with van der Waals surface area (Å²) in [4.78, 5) is 4.21. The number of hydrogen-bond acceptors (Lipinski definition) is 2. The largest absolute Gasteiger partial charge is 0.376 e. The van der Waals surface area contributed by atoms with E-state index in [4.69, 9.17) is 5.11 Å². The lowest BCUT2D eigenvalue weighted by atomic mass is 9.95. The van der Waals surface area contributed by atoms with E-state index in [9.17, 15) is 4.39 Å². The molecule has 82 valence electrons. The molecule has 0 fully saturated rings. The Labute approximate surface area is 94.0 Å². The number of hydrogen-bond donors (Lipinski definition) is 1. The van der Waals surface area contributed by atoms with Crippen LogP contribution in [-0.2, 0) is 6.73 Å². The number of nitrogens with zero attached hydrogens (tertiary/aromatic N) is 2. The third-order valence-corrected chi connectivity index (χ3v) is 2.41. The number of benzene rings is 1. The van der Waals surface area contributed by atoms with Gasteiger partial charge >= 0.3 is 0 Å². The van der Waals surface area contributed by atoms with Crippen molar-refractivity contribution >= 4 is 13.3 Å². The van der Waals surface area contributed by atoms with Crippen LogP contribution in [0.4, 0.5) is 4.39 Å². The molecule has 1 N–H and O–H groups in total. The zero-order valence-corrected chi connectivity index (χ0v) is 9.24. The highest BCUT2D eigenvalue weighted by molar-refractivity contribution is 6.32. The molecule has 0 unspecified atom stereocenters. The first kappa shape index (κ1) is 10.9. The molecule has 0 aliphatic carbocycles. The molecule has 0 spiro atoms. The van der Waals surface area contributed by atoms with Crippen LogP contribution in [0.25, 0.3) is 11.4 Å². The van der Waals surface area contributed by atoms with E-state index in [2.05, 4.69) is 4.98 Å². The first-order valence-electron chi connectivity index (χ1n) is 5.03. The molecule has 16 heavy (non-hydrogen) atoms. The maximum absolute atomic E-state index is 13.7. The highest BCUT2D eigenvalue weighted by Crippen LogP contribution is 2.21. The zero-order chi connectivity index (χ0) is 11.7. The Morgan fingerprint density at radius 2 is 2.25 bits per heavy atom. The fourth-order valence-corrected chi connectivity index (χ4v) is 1.67. The van der Waals surface area contributed by atoms with Crippen LogP contribution < -0.4 is 5.46 Å². The van der Waals surface area contributed by atoms with Gasteiger partial charge in [-0.05, 0) is 19.1 Å². The maximum atomic E-state index is 13.7. The third-order valence-electron chi connectivity index (χ3n) is 2.41. The van der Waals surface area contributed by atoms with Gasteiger partial charge in [-0.3, -0.25) is 0 Å². The first-order valence-corrected chi connectivity index (χ1v) is 5.03. The predicted octanol–water partition coefficient (Wildman–Crippen LogP) is 0.206. The van der Waals surface area contributed by atoms with Gasteiger partial charge in [-0.2, -0.15) is 0 Å². The van der Waals surface area contributed by atoms with Crippen LogP contribution in [-0.4, -0.2) is 22.5 Å². The Morgan fingerprint density at radius 3 is 2.88 bits per heavy atom. The van der Waals surface area contributed by atoms with Crippen molar-refractivity contribution in [3.8, 4) is 11.4 Å². The normalized spacial score (nSPS) is 10.7. The number of imidazole rings is 1. The topological polar surface area (TPSA) is 38.0 Å². The number of aromatic nitrogens is 2. The Balaban J connectivity index is 2.57. The van der Waals surface area contributed by atoms with Gasteiger partial charge in [0.2, 0.25) is 0 Å². The van der Waals surface area contributed by atoms with Gasteiger partial charge in [0.25, 0.3) is 0 Å². The summed E-state index contributed by atoms with van der Waals surface area (Å²) < 4.78 is 15.2. The van der Waals surface area contributed by atoms with Crippen LogP contribution in [0.2, 0.25) is 0 Å². The zero-order valence-electron chi connectivity index (χ0n) is 9.24. The molecule has 0 amide bonds. The molecular formula is C11H12BFN2O. The van der Waals surface area contributed by atoms with Crippen molar-refractivity contribution in [1.82, 2.24) is 9.55 Å². The van der Waals surface area contributed by atoms with Crippen LogP contribution in [0.5, 0.6) is 0 Å². The van der Waals surface area contributed by atoms with Gasteiger partial charge in [0, 0.05) is 6.20 Å². The minimum atomic E-state index is -0.319. The summed E-state index contributed by atoms with van der Waals surface area (Å²) in [5.41, 5.74) is 2.02. The van der Waals surface area contributed by atoms with Crippen molar-refractivity contribution in [2.24, 2.45) is 0 Å². The molecule has 0 saturated heterocycles. The number of aliphatic hydroxyl groups is 1. The predicted molar refractivity (Wildman–Crippen MR) is 62.8 cm³/mol. The molecular weight excluding hydrogens is 206 g/mol. The average Bonchev–Trinajstić information content (AvgIpc) is 2.59. The van der Waals surface area contributed by atoms with Crippen LogP contribution in [0.15, 0.2) is 24.4 Å². The standard InChI is InChI=1S/C11H12BFN2O/c1-7-5-15(6-16)11(14-7)9-3-2-8(12)4-10(9)13/h2-5,16H,6,12H2,1H3. The summed E-state index contributed by atoms with van der Waals surface area (Å²) >= 11 is 0. The van der Waals surface area contributed by atoms with Gasteiger partial charge in [-0.15, -0.1) is 0 Å². The molecule has 0 aliphatic heterocycles. The van der Waals surface area contributed by atoms with E-state index in [0.29, 0.717) is 11.4 Å². The second-order valence-electron chi connectivity index (χ2n) is 3.80. The summed E-state index contributed by atoms with van der Waals surface area (Å²) in [6.45, 7) is 1.60. The minimum absolute atomic E-state index is 0.205. The molecule has 2 aromatic rings. The monoisotopic (exact) mass is 218 g/mol. The molecule has 5 heteroatoms. The lowest BCUT2D eigenvalue weighted by molar-refractivity contribution is 0.212. The molecule has 1 aromatic heterocycles. The minimum Gasteiger partial charge on any atom is -0.376 e. The van der Waals surface area contributed by atoms with E-state index in [-0.39, 0.29) is 12.5 Å². The van der Waals surface area contributed by atoms with Gasteiger partial charge < -0.3 is 9.67 Å². The maximum Gasteiger partial charge on any atom is 0.145 e. The van der Waals surface area contributed by atoms with Crippen molar-refractivity contribution in [2.45, 2.75) is 13.7 Å². The van der Waals surface area contributed by atoms with Gasteiger partial charge in [-0.25, -0.2) is 9.37 Å². The average molecular weight is 218 g/mol. The van der Waals surface area contributed by atoms with Crippen LogP contribution in [0.3, 0.4) is 0 Å². The van der Waals surface area contributed by atoms with E-state index < -0.39 is 0 Å². The van der Waals surface area contributed by atoms with Crippen LogP contribution >= 0.6 is 0 Å².